The van der Waals surface area contributed by atoms with E-state index in [0.717, 1.165) is 11.9 Å². The number of aromatic amines is 1. The number of H-pyrrole nitrogens is 1. The molecule has 0 fully saturated rings. The average molecular weight is 380 g/mol. The van der Waals surface area contributed by atoms with Crippen molar-refractivity contribution in [1.29, 1.82) is 0 Å². The number of nitrogens with one attached hydrogen (secondary N) is 2. The molecular weight excluding hydrogens is 364 g/mol. The molecule has 2 N–H and O–H groups in total. The van der Waals surface area contributed by atoms with E-state index in [9.17, 15) is 0 Å². The van der Waals surface area contributed by atoms with Crippen LogP contribution in [0.4, 0.5) is 11.5 Å². The fourth-order valence-electron chi connectivity index (χ4n) is 3.38. The van der Waals surface area contributed by atoms with E-state index < -0.39 is 0 Å². The molecule has 4 heterocycles. The SMILES string of the molecule is [C-]#[N+]c1cncc(-c2nc(NCCc3c[nH]c4ccccc34)c3occc3n2)c1. The Morgan fingerprint density at radius 2 is 2.07 bits per heavy atom. The van der Waals surface area contributed by atoms with Gasteiger partial charge in [-0.25, -0.2) is 14.8 Å². The normalized spacial score (nSPS) is 11.0. The quantitative estimate of drug-likeness (QED) is 0.421. The Morgan fingerprint density at radius 3 is 3.00 bits per heavy atom. The highest BCUT2D eigenvalue weighted by atomic mass is 16.3. The van der Waals surface area contributed by atoms with Gasteiger partial charge in [0.1, 0.15) is 5.52 Å². The Balaban J connectivity index is 1.43. The first-order valence-corrected chi connectivity index (χ1v) is 9.19. The molecule has 0 aliphatic carbocycles. The van der Waals surface area contributed by atoms with Gasteiger partial charge in [0.05, 0.1) is 12.8 Å². The summed E-state index contributed by atoms with van der Waals surface area (Å²) in [4.78, 5) is 20.0. The van der Waals surface area contributed by atoms with Crippen LogP contribution in [0.2, 0.25) is 0 Å². The van der Waals surface area contributed by atoms with Crippen LogP contribution in [0.15, 0.2) is 65.7 Å². The van der Waals surface area contributed by atoms with Crippen molar-refractivity contribution in [3.63, 3.8) is 0 Å². The van der Waals surface area contributed by atoms with E-state index in [4.69, 9.17) is 11.0 Å². The molecule has 5 aromatic rings. The van der Waals surface area contributed by atoms with Crippen LogP contribution < -0.4 is 5.32 Å². The van der Waals surface area contributed by atoms with Gasteiger partial charge < -0.3 is 14.7 Å². The van der Waals surface area contributed by atoms with Crippen LogP contribution >= 0.6 is 0 Å². The third kappa shape index (κ3) is 3.17. The highest BCUT2D eigenvalue weighted by molar-refractivity contribution is 5.86. The highest BCUT2D eigenvalue weighted by Crippen LogP contribution is 2.27. The average Bonchev–Trinajstić information content (AvgIpc) is 3.41. The molecule has 0 atom stereocenters. The summed E-state index contributed by atoms with van der Waals surface area (Å²) in [7, 11) is 0. The van der Waals surface area contributed by atoms with Gasteiger partial charge >= 0.3 is 0 Å². The zero-order chi connectivity index (χ0) is 19.6. The molecule has 0 aliphatic heterocycles. The second-order valence-corrected chi connectivity index (χ2v) is 6.61. The van der Waals surface area contributed by atoms with E-state index in [0.29, 0.717) is 40.5 Å². The summed E-state index contributed by atoms with van der Waals surface area (Å²) >= 11 is 0. The maximum absolute atomic E-state index is 7.18. The van der Waals surface area contributed by atoms with E-state index in [1.807, 2.05) is 18.3 Å². The number of para-hydroxylation sites is 1. The lowest BCUT2D eigenvalue weighted by Gasteiger charge is -2.08. The molecule has 0 amide bonds. The molecule has 1 aromatic carbocycles. The number of nitrogens with zero attached hydrogens (tertiary/aromatic N) is 4. The van der Waals surface area contributed by atoms with Crippen molar-refractivity contribution in [2.45, 2.75) is 6.42 Å². The molecule has 0 saturated heterocycles. The standard InChI is InChI=1S/C22H16N6O/c1-23-16-10-15(11-24-13-16)21-27-19-7-9-29-20(19)22(28-21)25-8-6-14-12-26-18-5-3-2-4-17(14)18/h2-5,7,9-13,26H,6,8H2,(H,25,27,28). The second kappa shape index (κ2) is 7.09. The molecule has 0 spiro atoms. The van der Waals surface area contributed by atoms with Crippen LogP contribution in [-0.4, -0.2) is 26.5 Å². The number of fused-ring (bicyclic) bond motifs is 2. The third-order valence-electron chi connectivity index (χ3n) is 4.78. The van der Waals surface area contributed by atoms with Crippen LogP contribution in [0.3, 0.4) is 0 Å². The van der Waals surface area contributed by atoms with Gasteiger partial charge in [0.15, 0.2) is 17.2 Å². The number of aromatic nitrogens is 4. The number of anilines is 1. The Labute approximate surface area is 166 Å². The van der Waals surface area contributed by atoms with Crippen molar-refractivity contribution in [2.24, 2.45) is 0 Å². The van der Waals surface area contributed by atoms with E-state index in [2.05, 4.69) is 42.2 Å². The summed E-state index contributed by atoms with van der Waals surface area (Å²) in [6.45, 7) is 7.87. The third-order valence-corrected chi connectivity index (χ3v) is 4.78. The van der Waals surface area contributed by atoms with Gasteiger partial charge in [0.25, 0.3) is 0 Å². The zero-order valence-corrected chi connectivity index (χ0v) is 15.4. The molecule has 29 heavy (non-hydrogen) atoms. The predicted molar refractivity (Wildman–Crippen MR) is 112 cm³/mol. The van der Waals surface area contributed by atoms with Crippen molar-refractivity contribution in [3.05, 3.63) is 78.2 Å². The summed E-state index contributed by atoms with van der Waals surface area (Å²) in [6, 6.07) is 11.8. The van der Waals surface area contributed by atoms with E-state index in [-0.39, 0.29) is 0 Å². The van der Waals surface area contributed by atoms with Crippen LogP contribution in [0.5, 0.6) is 0 Å². The Kier molecular flexibility index (Phi) is 4.15. The predicted octanol–water partition coefficient (Wildman–Crippen LogP) is 4.97. The fourth-order valence-corrected chi connectivity index (χ4v) is 3.38. The largest absolute Gasteiger partial charge is 0.459 e. The topological polar surface area (TPSA) is 84.0 Å². The lowest BCUT2D eigenvalue weighted by Crippen LogP contribution is -2.07. The molecule has 140 valence electrons. The van der Waals surface area contributed by atoms with Gasteiger partial charge in [-0.05, 0) is 24.1 Å². The molecule has 5 rings (SSSR count). The monoisotopic (exact) mass is 380 g/mol. The zero-order valence-electron chi connectivity index (χ0n) is 15.4. The van der Waals surface area contributed by atoms with Gasteiger partial charge in [-0.1, -0.05) is 18.2 Å². The van der Waals surface area contributed by atoms with Crippen LogP contribution in [0, 0.1) is 6.57 Å². The Bertz CT molecular complexity index is 1360. The molecule has 0 saturated carbocycles. The van der Waals surface area contributed by atoms with Crippen molar-refractivity contribution < 1.29 is 4.42 Å². The number of hydrogen-bond donors (Lipinski definition) is 2. The summed E-state index contributed by atoms with van der Waals surface area (Å²) in [5.74, 6) is 1.13. The van der Waals surface area contributed by atoms with Crippen molar-refractivity contribution in [3.8, 4) is 11.4 Å². The van der Waals surface area contributed by atoms with Crippen molar-refractivity contribution in [1.82, 2.24) is 19.9 Å². The summed E-state index contributed by atoms with van der Waals surface area (Å²) in [5.41, 5.74) is 4.84. The van der Waals surface area contributed by atoms with E-state index >= 15 is 0 Å². The first-order chi connectivity index (χ1) is 14.3. The molecule has 0 radical (unpaired) electrons. The maximum atomic E-state index is 7.18. The number of rotatable bonds is 5. The Hall–Kier alpha value is -4.18. The van der Waals surface area contributed by atoms with Crippen LogP contribution in [0.1, 0.15) is 5.56 Å². The summed E-state index contributed by atoms with van der Waals surface area (Å²) in [6.07, 6.45) is 7.66. The molecule has 4 aromatic heterocycles. The molecule has 0 unspecified atom stereocenters. The number of hydrogen-bond acceptors (Lipinski definition) is 5. The fraction of sp³-hybridized carbons (Fsp3) is 0.0909. The van der Waals surface area contributed by atoms with Gasteiger partial charge in [-0.15, -0.1) is 0 Å². The smallest absolute Gasteiger partial charge is 0.205 e. The van der Waals surface area contributed by atoms with Gasteiger partial charge in [-0.3, -0.25) is 4.98 Å². The first-order valence-electron chi connectivity index (χ1n) is 9.19. The molecular formula is C22H16N6O. The second-order valence-electron chi connectivity index (χ2n) is 6.61. The van der Waals surface area contributed by atoms with Crippen molar-refractivity contribution >= 4 is 33.5 Å². The summed E-state index contributed by atoms with van der Waals surface area (Å²) in [5, 5.41) is 4.60. The molecule has 0 bridgehead atoms. The van der Waals surface area contributed by atoms with E-state index in [1.54, 1.807) is 24.6 Å². The van der Waals surface area contributed by atoms with E-state index in [1.165, 1.54) is 17.1 Å². The maximum Gasteiger partial charge on any atom is 0.205 e. The first kappa shape index (κ1) is 17.0. The lowest BCUT2D eigenvalue weighted by molar-refractivity contribution is 0.614. The van der Waals surface area contributed by atoms with Gasteiger partial charge in [0.2, 0.25) is 5.69 Å². The summed E-state index contributed by atoms with van der Waals surface area (Å²) < 4.78 is 5.58. The number of pyridine rings is 1. The molecule has 0 aliphatic rings. The van der Waals surface area contributed by atoms with Gasteiger partial charge in [-0.2, -0.15) is 0 Å². The lowest BCUT2D eigenvalue weighted by atomic mass is 10.1. The van der Waals surface area contributed by atoms with Gasteiger partial charge in [0, 0.05) is 47.7 Å². The molecule has 7 nitrogen and oxygen atoms in total. The van der Waals surface area contributed by atoms with Crippen molar-refractivity contribution in [2.75, 3.05) is 11.9 Å². The van der Waals surface area contributed by atoms with Crippen LogP contribution in [-0.2, 0) is 6.42 Å². The molecule has 7 heteroatoms. The minimum Gasteiger partial charge on any atom is -0.459 e. The minimum atomic E-state index is 0.451. The number of benzene rings is 1. The van der Waals surface area contributed by atoms with Crippen LogP contribution in [0.25, 0.3) is 38.2 Å². The minimum absolute atomic E-state index is 0.451. The number of furan rings is 1. The Morgan fingerprint density at radius 1 is 1.14 bits per heavy atom. The highest BCUT2D eigenvalue weighted by Gasteiger charge is 2.13.